The first-order valence-corrected chi connectivity index (χ1v) is 10.1. The number of rotatable bonds is 2. The first kappa shape index (κ1) is 17.2. The van der Waals surface area contributed by atoms with Gasteiger partial charge in [0.15, 0.2) is 5.82 Å². The van der Waals surface area contributed by atoms with Crippen molar-refractivity contribution >= 4 is 58.3 Å². The molecule has 0 aliphatic rings. The van der Waals surface area contributed by atoms with E-state index in [-0.39, 0.29) is 5.16 Å². The van der Waals surface area contributed by atoms with Gasteiger partial charge in [-0.3, -0.25) is 4.57 Å². The molecule has 0 saturated carbocycles. The summed E-state index contributed by atoms with van der Waals surface area (Å²) in [6, 6.07) is 5.69. The standard InChI is InChI=1S/C12H12BrClIN3O2S/c1-12(2,3)18-10(16-17-11(18)21(14,19)20)8-6-7(13)4-5-9(8)15/h4-6H,1-3H3. The van der Waals surface area contributed by atoms with Crippen LogP contribution in [-0.4, -0.2) is 23.2 Å². The molecule has 114 valence electrons. The summed E-state index contributed by atoms with van der Waals surface area (Å²) in [5.74, 6) is 0.465. The lowest BCUT2D eigenvalue weighted by Crippen LogP contribution is -2.26. The molecule has 2 rings (SSSR count). The molecule has 0 aliphatic heterocycles. The molecule has 0 aliphatic carbocycles. The Hall–Kier alpha value is -0.190. The molecule has 0 fully saturated rings. The van der Waals surface area contributed by atoms with E-state index in [0.29, 0.717) is 5.82 Å². The fraction of sp³-hybridized carbons (Fsp3) is 0.333. The van der Waals surface area contributed by atoms with Gasteiger partial charge in [0.1, 0.15) is 0 Å². The van der Waals surface area contributed by atoms with E-state index >= 15 is 0 Å². The van der Waals surface area contributed by atoms with E-state index in [1.165, 1.54) is 0 Å². The number of halogens is 3. The fourth-order valence-electron chi connectivity index (χ4n) is 1.88. The van der Waals surface area contributed by atoms with Crippen molar-refractivity contribution in [3.05, 3.63) is 26.2 Å². The molecule has 1 aromatic carbocycles. The van der Waals surface area contributed by atoms with Crippen LogP contribution in [0.3, 0.4) is 0 Å². The third-order valence-electron chi connectivity index (χ3n) is 2.69. The van der Waals surface area contributed by atoms with Crippen LogP contribution in [0.25, 0.3) is 11.4 Å². The van der Waals surface area contributed by atoms with E-state index in [4.69, 9.17) is 10.7 Å². The van der Waals surface area contributed by atoms with E-state index in [9.17, 15) is 8.42 Å². The summed E-state index contributed by atoms with van der Waals surface area (Å²) in [6.45, 7) is 5.61. The molecule has 1 aromatic heterocycles. The van der Waals surface area contributed by atoms with Crippen molar-refractivity contribution in [3.63, 3.8) is 0 Å². The Morgan fingerprint density at radius 3 is 2.43 bits per heavy atom. The van der Waals surface area contributed by atoms with Gasteiger partial charge in [-0.15, -0.1) is 10.2 Å². The molecule has 5 nitrogen and oxygen atoms in total. The summed E-state index contributed by atoms with van der Waals surface area (Å²) in [7, 11) is 1.50. The summed E-state index contributed by atoms with van der Waals surface area (Å²) in [5.41, 5.74) is 0.251. The van der Waals surface area contributed by atoms with Crippen LogP contribution < -0.4 is 0 Å². The van der Waals surface area contributed by atoms with Crippen molar-refractivity contribution < 1.29 is 8.42 Å². The minimum Gasteiger partial charge on any atom is -0.291 e. The molecule has 21 heavy (non-hydrogen) atoms. The summed E-state index contributed by atoms with van der Waals surface area (Å²) >= 11 is 5.58. The Labute approximate surface area is 149 Å². The Bertz CT molecular complexity index is 799. The van der Waals surface area contributed by atoms with E-state index in [1.54, 1.807) is 4.57 Å². The summed E-state index contributed by atoms with van der Waals surface area (Å²) in [4.78, 5) is 0. The van der Waals surface area contributed by atoms with Gasteiger partial charge in [-0.05, 0) is 61.6 Å². The average molecular weight is 505 g/mol. The van der Waals surface area contributed by atoms with Gasteiger partial charge in [0.2, 0.25) is 0 Å². The second-order valence-electron chi connectivity index (χ2n) is 5.37. The highest BCUT2D eigenvalue weighted by Gasteiger charge is 2.30. The Balaban J connectivity index is 2.83. The number of benzene rings is 1. The second-order valence-corrected chi connectivity index (χ2v) is 9.91. The van der Waals surface area contributed by atoms with Gasteiger partial charge in [0, 0.05) is 29.8 Å². The molecule has 0 atom stereocenters. The summed E-state index contributed by atoms with van der Waals surface area (Å²) < 4.78 is 26.8. The highest BCUT2D eigenvalue weighted by atomic mass is 127. The molecule has 0 unspecified atom stereocenters. The third kappa shape index (κ3) is 3.59. The van der Waals surface area contributed by atoms with E-state index < -0.39 is 14.6 Å². The number of hydrogen-bond donors (Lipinski definition) is 0. The minimum atomic E-state index is -3.98. The maximum atomic E-state index is 11.7. The molecule has 0 bridgehead atoms. The van der Waals surface area contributed by atoms with Crippen LogP contribution in [0.5, 0.6) is 0 Å². The molecule has 0 amide bonds. The molecule has 1 heterocycles. The van der Waals surface area contributed by atoms with Crippen molar-refractivity contribution in [3.8, 4) is 11.4 Å². The molecule has 0 saturated heterocycles. The molecule has 0 radical (unpaired) electrons. The van der Waals surface area contributed by atoms with Gasteiger partial charge < -0.3 is 0 Å². The molecular formula is C12H12BrClIN3O2S. The minimum absolute atomic E-state index is 0.248. The quantitative estimate of drug-likeness (QED) is 0.458. The maximum Gasteiger partial charge on any atom is 0.296 e. The first-order valence-electron chi connectivity index (χ1n) is 5.88. The molecule has 2 aromatic rings. The lowest BCUT2D eigenvalue weighted by Gasteiger charge is -2.24. The van der Waals surface area contributed by atoms with Crippen LogP contribution in [0, 0.1) is 3.57 Å². The second kappa shape index (κ2) is 5.78. The smallest absolute Gasteiger partial charge is 0.291 e. The predicted octanol–water partition coefficient (Wildman–Crippen LogP) is 3.99. The first-order chi connectivity index (χ1) is 9.51. The lowest BCUT2D eigenvalue weighted by atomic mass is 10.1. The van der Waals surface area contributed by atoms with Gasteiger partial charge in [-0.1, -0.05) is 15.9 Å². The monoisotopic (exact) mass is 503 g/mol. The molecular weight excluding hydrogens is 492 g/mol. The fourth-order valence-corrected chi connectivity index (χ4v) is 3.83. The largest absolute Gasteiger partial charge is 0.296 e. The third-order valence-corrected chi connectivity index (χ3v) is 5.24. The zero-order chi connectivity index (χ0) is 16.0. The van der Waals surface area contributed by atoms with Crippen molar-refractivity contribution in [2.24, 2.45) is 0 Å². The van der Waals surface area contributed by atoms with Crippen molar-refractivity contribution in [2.45, 2.75) is 31.5 Å². The van der Waals surface area contributed by atoms with Crippen LogP contribution in [-0.2, 0) is 14.6 Å². The van der Waals surface area contributed by atoms with Crippen LogP contribution in [0.15, 0.2) is 27.8 Å². The van der Waals surface area contributed by atoms with Gasteiger partial charge in [0.05, 0.1) is 0 Å². The van der Waals surface area contributed by atoms with Crippen LogP contribution in [0.2, 0.25) is 0 Å². The highest BCUT2D eigenvalue weighted by Crippen LogP contribution is 2.33. The van der Waals surface area contributed by atoms with Crippen molar-refractivity contribution in [2.75, 3.05) is 0 Å². The predicted molar refractivity (Wildman–Crippen MR) is 93.9 cm³/mol. The Morgan fingerprint density at radius 2 is 1.90 bits per heavy atom. The Morgan fingerprint density at radius 1 is 1.29 bits per heavy atom. The Kier molecular flexibility index (Phi) is 4.73. The molecule has 0 N–H and O–H groups in total. The van der Waals surface area contributed by atoms with E-state index in [1.807, 2.05) is 39.0 Å². The van der Waals surface area contributed by atoms with Gasteiger partial charge in [0.25, 0.3) is 14.2 Å². The summed E-state index contributed by atoms with van der Waals surface area (Å²) in [5, 5.41) is 7.57. The van der Waals surface area contributed by atoms with Gasteiger partial charge in [-0.2, -0.15) is 0 Å². The zero-order valence-electron chi connectivity index (χ0n) is 11.4. The van der Waals surface area contributed by atoms with Gasteiger partial charge >= 0.3 is 0 Å². The molecule has 0 spiro atoms. The SMILES string of the molecule is CC(C)(C)n1c(-c2cc(Br)ccc2I)nnc1S(=O)(=O)Cl. The normalized spacial score (nSPS) is 12.7. The van der Waals surface area contributed by atoms with Crippen LogP contribution in [0.1, 0.15) is 20.8 Å². The van der Waals surface area contributed by atoms with Gasteiger partial charge in [-0.25, -0.2) is 8.42 Å². The van der Waals surface area contributed by atoms with Crippen molar-refractivity contribution in [1.29, 1.82) is 0 Å². The zero-order valence-corrected chi connectivity index (χ0v) is 16.7. The maximum absolute atomic E-state index is 11.7. The number of aromatic nitrogens is 3. The highest BCUT2D eigenvalue weighted by molar-refractivity contribution is 14.1. The summed E-state index contributed by atoms with van der Waals surface area (Å²) in [6.07, 6.45) is 0. The number of nitrogens with zero attached hydrogens (tertiary/aromatic N) is 3. The van der Waals surface area contributed by atoms with Crippen LogP contribution >= 0.6 is 49.2 Å². The van der Waals surface area contributed by atoms with E-state index in [2.05, 4.69) is 48.7 Å². The lowest BCUT2D eigenvalue weighted by molar-refractivity contribution is 0.367. The van der Waals surface area contributed by atoms with E-state index in [0.717, 1.165) is 13.6 Å². The average Bonchev–Trinajstić information content (AvgIpc) is 2.76. The van der Waals surface area contributed by atoms with Crippen LogP contribution in [0.4, 0.5) is 0 Å². The molecule has 9 heteroatoms. The number of hydrogen-bond acceptors (Lipinski definition) is 4. The topological polar surface area (TPSA) is 64.8 Å². The van der Waals surface area contributed by atoms with Crippen molar-refractivity contribution in [1.82, 2.24) is 14.8 Å².